The van der Waals surface area contributed by atoms with E-state index in [2.05, 4.69) is 41.4 Å². The summed E-state index contributed by atoms with van der Waals surface area (Å²) >= 11 is 1.22. The molecule has 0 atom stereocenters. The van der Waals surface area contributed by atoms with E-state index in [1.54, 1.807) is 33.5 Å². The first-order chi connectivity index (χ1) is 16.0. The number of aryl methyl sites for hydroxylation is 1. The maximum atomic E-state index is 12.9. The third kappa shape index (κ3) is 6.19. The van der Waals surface area contributed by atoms with Crippen molar-refractivity contribution in [1.29, 1.82) is 0 Å². The van der Waals surface area contributed by atoms with Crippen LogP contribution in [0.1, 0.15) is 24.5 Å². The van der Waals surface area contributed by atoms with E-state index in [1.165, 1.54) is 17.3 Å². The highest BCUT2D eigenvalue weighted by Gasteiger charge is 2.19. The van der Waals surface area contributed by atoms with E-state index in [0.29, 0.717) is 47.0 Å². The smallest absolute Gasteiger partial charge is 0.277 e. The second kappa shape index (κ2) is 11.6. The summed E-state index contributed by atoms with van der Waals surface area (Å²) in [5.41, 5.74) is 2.93. The highest BCUT2D eigenvalue weighted by Crippen LogP contribution is 2.41. The predicted molar refractivity (Wildman–Crippen MR) is 127 cm³/mol. The van der Waals surface area contributed by atoms with Crippen molar-refractivity contribution < 1.29 is 23.4 Å². The predicted octanol–water partition coefficient (Wildman–Crippen LogP) is 4.60. The molecule has 2 aromatic carbocycles. The number of hydrogen-bond acceptors (Lipinski definition) is 8. The molecule has 8 nitrogen and oxygen atoms in total. The van der Waals surface area contributed by atoms with Crippen molar-refractivity contribution in [2.45, 2.75) is 32.0 Å². The van der Waals surface area contributed by atoms with E-state index < -0.39 is 0 Å². The fraction of sp³-hybridized carbons (Fsp3) is 0.375. The highest BCUT2D eigenvalue weighted by molar-refractivity contribution is 7.99. The van der Waals surface area contributed by atoms with E-state index >= 15 is 0 Å². The van der Waals surface area contributed by atoms with Gasteiger partial charge in [-0.1, -0.05) is 48.5 Å². The van der Waals surface area contributed by atoms with Crippen molar-refractivity contribution in [3.63, 3.8) is 0 Å². The van der Waals surface area contributed by atoms with Gasteiger partial charge in [-0.3, -0.25) is 4.79 Å². The van der Waals surface area contributed by atoms with Gasteiger partial charge >= 0.3 is 0 Å². The molecule has 1 heterocycles. The molecular weight excluding hydrogens is 442 g/mol. The lowest BCUT2D eigenvalue weighted by atomic mass is 10.1. The van der Waals surface area contributed by atoms with Crippen molar-refractivity contribution in [3.05, 3.63) is 47.5 Å². The molecular formula is C24H29N3O5S. The molecule has 0 aliphatic carbocycles. The fourth-order valence-corrected chi connectivity index (χ4v) is 3.95. The van der Waals surface area contributed by atoms with E-state index in [1.807, 2.05) is 11.8 Å². The lowest BCUT2D eigenvalue weighted by Crippen LogP contribution is -2.32. The number of methoxy groups -OCH3 is 3. The third-order valence-corrected chi connectivity index (χ3v) is 5.78. The average Bonchev–Trinajstić information content (AvgIpc) is 3.31. The first-order valence-corrected chi connectivity index (χ1v) is 11.6. The molecule has 3 aromatic rings. The summed E-state index contributed by atoms with van der Waals surface area (Å²) in [5, 5.41) is 8.51. The molecule has 33 heavy (non-hydrogen) atoms. The molecule has 1 aromatic heterocycles. The Morgan fingerprint density at radius 1 is 1.03 bits per heavy atom. The fourth-order valence-electron chi connectivity index (χ4n) is 3.28. The molecule has 0 N–H and O–H groups in total. The van der Waals surface area contributed by atoms with Crippen LogP contribution < -0.4 is 14.2 Å². The summed E-state index contributed by atoms with van der Waals surface area (Å²) in [6.07, 6.45) is 0.883. The van der Waals surface area contributed by atoms with Crippen molar-refractivity contribution in [2.75, 3.05) is 33.6 Å². The highest BCUT2D eigenvalue weighted by atomic mass is 32.2. The SMILES string of the molecule is CCCN(Cc1ccc(C)cc1)C(=O)CSc1nnc(-c2cc(OC)c(OC)c(OC)c2)o1. The molecule has 0 unspecified atom stereocenters. The number of benzene rings is 2. The lowest BCUT2D eigenvalue weighted by molar-refractivity contribution is -0.129. The summed E-state index contributed by atoms with van der Waals surface area (Å²) < 4.78 is 21.9. The second-order valence-corrected chi connectivity index (χ2v) is 8.30. The second-order valence-electron chi connectivity index (χ2n) is 7.38. The van der Waals surface area contributed by atoms with Gasteiger partial charge in [0.25, 0.3) is 5.22 Å². The minimum absolute atomic E-state index is 0.0231. The van der Waals surface area contributed by atoms with E-state index in [4.69, 9.17) is 18.6 Å². The number of thioether (sulfide) groups is 1. The molecule has 0 bridgehead atoms. The van der Waals surface area contributed by atoms with Gasteiger partial charge in [0.1, 0.15) is 0 Å². The zero-order valence-electron chi connectivity index (χ0n) is 19.6. The average molecular weight is 472 g/mol. The number of rotatable bonds is 11. The van der Waals surface area contributed by atoms with Gasteiger partial charge in [-0.2, -0.15) is 0 Å². The molecule has 9 heteroatoms. The van der Waals surface area contributed by atoms with Gasteiger partial charge in [-0.15, -0.1) is 10.2 Å². The Kier molecular flexibility index (Phi) is 8.59. The Balaban J connectivity index is 1.68. The number of carbonyl (C=O) groups excluding carboxylic acids is 1. The Labute approximate surface area is 198 Å². The molecule has 0 aliphatic heterocycles. The quantitative estimate of drug-likeness (QED) is 0.375. The van der Waals surface area contributed by atoms with Crippen LogP contribution in [-0.2, 0) is 11.3 Å². The number of nitrogens with zero attached hydrogens (tertiary/aromatic N) is 3. The molecule has 0 saturated carbocycles. The van der Waals surface area contributed by atoms with Crippen LogP contribution >= 0.6 is 11.8 Å². The van der Waals surface area contributed by atoms with Crippen LogP contribution in [0.4, 0.5) is 0 Å². The largest absolute Gasteiger partial charge is 0.493 e. The number of aromatic nitrogens is 2. The minimum atomic E-state index is 0.0231. The van der Waals surface area contributed by atoms with Crippen molar-refractivity contribution in [1.82, 2.24) is 15.1 Å². The summed E-state index contributed by atoms with van der Waals surface area (Å²) in [6, 6.07) is 11.7. The molecule has 0 spiro atoms. The van der Waals surface area contributed by atoms with Crippen LogP contribution in [0.5, 0.6) is 17.2 Å². The molecule has 0 saturated heterocycles. The standard InChI is InChI=1S/C24H29N3O5S/c1-6-11-27(14-17-9-7-16(2)8-10-17)21(28)15-33-24-26-25-23(32-24)18-12-19(29-3)22(31-5)20(13-18)30-4/h7-10,12-13H,6,11,14-15H2,1-5H3. The van der Waals surface area contributed by atoms with Crippen LogP contribution in [0.2, 0.25) is 0 Å². The molecule has 3 rings (SSSR count). The maximum absolute atomic E-state index is 12.9. The summed E-state index contributed by atoms with van der Waals surface area (Å²) in [4.78, 5) is 14.7. The Morgan fingerprint density at radius 2 is 1.70 bits per heavy atom. The molecule has 176 valence electrons. The maximum Gasteiger partial charge on any atom is 0.277 e. The van der Waals surface area contributed by atoms with Crippen LogP contribution in [-0.4, -0.2) is 54.6 Å². The van der Waals surface area contributed by atoms with Crippen LogP contribution in [0, 0.1) is 6.92 Å². The molecule has 0 fully saturated rings. The van der Waals surface area contributed by atoms with Gasteiger partial charge < -0.3 is 23.5 Å². The van der Waals surface area contributed by atoms with Crippen molar-refractivity contribution in [3.8, 4) is 28.7 Å². The summed E-state index contributed by atoms with van der Waals surface area (Å²) in [7, 11) is 4.63. The first-order valence-electron chi connectivity index (χ1n) is 10.6. The first kappa shape index (κ1) is 24.4. The Morgan fingerprint density at radius 3 is 2.27 bits per heavy atom. The minimum Gasteiger partial charge on any atom is -0.493 e. The topological polar surface area (TPSA) is 86.9 Å². The number of hydrogen-bond donors (Lipinski definition) is 0. The van der Waals surface area contributed by atoms with Crippen LogP contribution in [0.25, 0.3) is 11.5 Å². The summed E-state index contributed by atoms with van der Waals surface area (Å²) in [5.74, 6) is 1.99. The monoisotopic (exact) mass is 471 g/mol. The van der Waals surface area contributed by atoms with Crippen LogP contribution in [0.3, 0.4) is 0 Å². The van der Waals surface area contributed by atoms with E-state index in [0.717, 1.165) is 12.0 Å². The van der Waals surface area contributed by atoms with Crippen molar-refractivity contribution >= 4 is 17.7 Å². The molecule has 0 radical (unpaired) electrons. The van der Waals surface area contributed by atoms with Gasteiger partial charge in [0, 0.05) is 18.7 Å². The van der Waals surface area contributed by atoms with Crippen molar-refractivity contribution in [2.24, 2.45) is 0 Å². The number of ether oxygens (including phenoxy) is 3. The Bertz CT molecular complexity index is 1040. The van der Waals surface area contributed by atoms with E-state index in [-0.39, 0.29) is 11.7 Å². The van der Waals surface area contributed by atoms with Gasteiger partial charge in [-0.05, 0) is 31.0 Å². The normalized spacial score (nSPS) is 10.7. The zero-order chi connectivity index (χ0) is 23.8. The van der Waals surface area contributed by atoms with Gasteiger partial charge in [-0.25, -0.2) is 0 Å². The molecule has 0 aliphatic rings. The lowest BCUT2D eigenvalue weighted by Gasteiger charge is -2.22. The molecule has 1 amide bonds. The Hall–Kier alpha value is -3.20. The van der Waals surface area contributed by atoms with Gasteiger partial charge in [0.15, 0.2) is 11.5 Å². The number of carbonyl (C=O) groups is 1. The van der Waals surface area contributed by atoms with Crippen LogP contribution in [0.15, 0.2) is 46.0 Å². The van der Waals surface area contributed by atoms with Gasteiger partial charge in [0.05, 0.1) is 27.1 Å². The van der Waals surface area contributed by atoms with E-state index in [9.17, 15) is 4.79 Å². The summed E-state index contributed by atoms with van der Waals surface area (Å²) in [6.45, 7) is 5.37. The zero-order valence-corrected chi connectivity index (χ0v) is 20.4. The van der Waals surface area contributed by atoms with Gasteiger partial charge in [0.2, 0.25) is 17.5 Å². The third-order valence-electron chi connectivity index (χ3n) is 4.98. The number of amides is 1.